The molecule has 0 saturated carbocycles. The first kappa shape index (κ1) is 19.3. The molecule has 1 heterocycles. The van der Waals surface area contributed by atoms with Crippen molar-refractivity contribution < 1.29 is 21.5 Å². The molecule has 0 aromatic carbocycles. The van der Waals surface area contributed by atoms with Gasteiger partial charge in [-0.2, -0.15) is 0 Å². The summed E-state index contributed by atoms with van der Waals surface area (Å²) < 4.78 is 2.13. The molecular formula is C8H17Br3N2. The third-order valence-electron chi connectivity index (χ3n) is 1.74. The number of aromatic amines is 1. The van der Waals surface area contributed by atoms with Gasteiger partial charge in [0, 0.05) is 6.42 Å². The average molecular weight is 381 g/mol. The predicted octanol–water partition coefficient (Wildman–Crippen LogP) is -0.658. The van der Waals surface area contributed by atoms with Crippen molar-refractivity contribution in [2.24, 2.45) is 7.05 Å². The summed E-state index contributed by atoms with van der Waals surface area (Å²) in [6, 6.07) is 0. The SMILES string of the molecule is Br.Br.CCCCc1[nH]cc[n+]1C.[Br-]. The maximum atomic E-state index is 3.20. The Hall–Kier alpha value is 0.650. The van der Waals surface area contributed by atoms with Gasteiger partial charge in [0.25, 0.3) is 5.82 Å². The highest BCUT2D eigenvalue weighted by Crippen LogP contribution is 1.94. The summed E-state index contributed by atoms with van der Waals surface area (Å²) in [5.41, 5.74) is 0. The van der Waals surface area contributed by atoms with Crippen molar-refractivity contribution >= 4 is 34.0 Å². The molecule has 1 aromatic heterocycles. The van der Waals surface area contributed by atoms with Gasteiger partial charge in [0.1, 0.15) is 12.4 Å². The lowest BCUT2D eigenvalue weighted by Crippen LogP contribution is -3.00. The van der Waals surface area contributed by atoms with Gasteiger partial charge in [0.2, 0.25) is 0 Å². The van der Waals surface area contributed by atoms with Crippen LogP contribution in [-0.4, -0.2) is 4.98 Å². The lowest BCUT2D eigenvalue weighted by Gasteiger charge is -1.91. The van der Waals surface area contributed by atoms with Gasteiger partial charge in [0.15, 0.2) is 0 Å². The van der Waals surface area contributed by atoms with Crippen molar-refractivity contribution in [3.8, 4) is 0 Å². The van der Waals surface area contributed by atoms with Gasteiger partial charge >= 0.3 is 0 Å². The van der Waals surface area contributed by atoms with E-state index in [0.29, 0.717) is 0 Å². The van der Waals surface area contributed by atoms with E-state index in [1.54, 1.807) is 0 Å². The lowest BCUT2D eigenvalue weighted by molar-refractivity contribution is -0.677. The van der Waals surface area contributed by atoms with Gasteiger partial charge < -0.3 is 17.0 Å². The van der Waals surface area contributed by atoms with Crippen molar-refractivity contribution in [1.82, 2.24) is 4.98 Å². The zero-order valence-corrected chi connectivity index (χ0v) is 12.9. The summed E-state index contributed by atoms with van der Waals surface area (Å²) in [5.74, 6) is 1.32. The Bertz CT molecular complexity index is 201. The molecule has 0 fully saturated rings. The van der Waals surface area contributed by atoms with Crippen molar-refractivity contribution in [3.05, 3.63) is 18.2 Å². The maximum absolute atomic E-state index is 3.20. The van der Waals surface area contributed by atoms with Crippen LogP contribution in [0.15, 0.2) is 12.4 Å². The fourth-order valence-electron chi connectivity index (χ4n) is 1.03. The summed E-state index contributed by atoms with van der Waals surface area (Å²) >= 11 is 0. The minimum Gasteiger partial charge on any atom is -1.00 e. The maximum Gasteiger partial charge on any atom is 0.253 e. The minimum absolute atomic E-state index is 0. The van der Waals surface area contributed by atoms with Gasteiger partial charge in [-0.3, -0.25) is 0 Å². The summed E-state index contributed by atoms with van der Waals surface area (Å²) in [7, 11) is 2.07. The van der Waals surface area contributed by atoms with Crippen LogP contribution in [0.2, 0.25) is 0 Å². The van der Waals surface area contributed by atoms with E-state index in [9.17, 15) is 0 Å². The second kappa shape index (κ2) is 10.7. The van der Waals surface area contributed by atoms with Crippen LogP contribution in [0.1, 0.15) is 25.6 Å². The number of hydrogen-bond donors (Lipinski definition) is 1. The Balaban J connectivity index is -0.000000333. The normalized spacial score (nSPS) is 7.85. The van der Waals surface area contributed by atoms with Crippen molar-refractivity contribution in [3.63, 3.8) is 0 Å². The molecule has 80 valence electrons. The highest BCUT2D eigenvalue weighted by atomic mass is 79.9. The highest BCUT2D eigenvalue weighted by molar-refractivity contribution is 8.93. The molecule has 1 rings (SSSR count). The number of H-pyrrole nitrogens is 1. The fraction of sp³-hybridized carbons (Fsp3) is 0.625. The van der Waals surface area contributed by atoms with Crippen LogP contribution in [0, 0.1) is 0 Å². The molecule has 0 aliphatic rings. The van der Waals surface area contributed by atoms with Gasteiger partial charge in [-0.25, -0.2) is 9.55 Å². The quantitative estimate of drug-likeness (QED) is 0.672. The lowest BCUT2D eigenvalue weighted by atomic mass is 10.2. The standard InChI is InChI=1S/C8H14N2.3BrH/c1-3-4-5-8-9-6-7-10(8)2;;;/h6-7H,3-5H2,1-2H3;3*1H. The Morgan fingerprint density at radius 1 is 1.38 bits per heavy atom. The summed E-state index contributed by atoms with van der Waals surface area (Å²) in [5, 5.41) is 0. The largest absolute Gasteiger partial charge is 1.00 e. The molecule has 0 atom stereocenters. The topological polar surface area (TPSA) is 19.7 Å². The number of rotatable bonds is 3. The van der Waals surface area contributed by atoms with Crippen molar-refractivity contribution in [2.45, 2.75) is 26.2 Å². The van der Waals surface area contributed by atoms with Crippen LogP contribution in [0.3, 0.4) is 0 Å². The second-order valence-electron chi connectivity index (χ2n) is 2.62. The van der Waals surface area contributed by atoms with Gasteiger partial charge in [-0.15, -0.1) is 34.0 Å². The first-order valence-electron chi connectivity index (χ1n) is 3.86. The van der Waals surface area contributed by atoms with E-state index in [1.165, 1.54) is 25.1 Å². The molecule has 0 radical (unpaired) electrons. The molecule has 0 amide bonds. The molecule has 0 unspecified atom stereocenters. The van der Waals surface area contributed by atoms with Crippen molar-refractivity contribution in [1.29, 1.82) is 0 Å². The predicted molar refractivity (Wildman–Crippen MR) is 61.2 cm³/mol. The number of aryl methyl sites for hydroxylation is 2. The van der Waals surface area contributed by atoms with E-state index in [1.807, 2.05) is 12.4 Å². The number of nitrogens with zero attached hydrogens (tertiary/aromatic N) is 1. The Morgan fingerprint density at radius 2 is 2.00 bits per heavy atom. The fourth-order valence-corrected chi connectivity index (χ4v) is 1.03. The molecule has 0 spiro atoms. The minimum atomic E-state index is 0. The van der Waals surface area contributed by atoms with Crippen LogP contribution >= 0.6 is 34.0 Å². The molecular weight excluding hydrogens is 364 g/mol. The van der Waals surface area contributed by atoms with Crippen LogP contribution in [0.25, 0.3) is 0 Å². The molecule has 5 heteroatoms. The zero-order valence-electron chi connectivity index (χ0n) is 7.92. The van der Waals surface area contributed by atoms with Crippen molar-refractivity contribution in [2.75, 3.05) is 0 Å². The molecule has 1 N–H and O–H groups in total. The third-order valence-corrected chi connectivity index (χ3v) is 1.74. The van der Waals surface area contributed by atoms with Crippen LogP contribution in [-0.2, 0) is 13.5 Å². The summed E-state index contributed by atoms with van der Waals surface area (Å²) in [4.78, 5) is 3.20. The monoisotopic (exact) mass is 378 g/mol. The molecule has 1 aromatic rings. The number of halogens is 3. The number of imidazole rings is 1. The number of aromatic nitrogens is 2. The molecule has 0 aliphatic carbocycles. The average Bonchev–Trinajstić information content (AvgIpc) is 2.31. The van der Waals surface area contributed by atoms with E-state index in [0.717, 1.165) is 0 Å². The third kappa shape index (κ3) is 6.69. The van der Waals surface area contributed by atoms with E-state index < -0.39 is 0 Å². The van der Waals surface area contributed by atoms with E-state index >= 15 is 0 Å². The number of nitrogens with one attached hydrogen (secondary N) is 1. The Labute approximate surface area is 111 Å². The van der Waals surface area contributed by atoms with Crippen LogP contribution < -0.4 is 21.5 Å². The number of unbranched alkanes of at least 4 members (excludes halogenated alkanes) is 1. The number of hydrogen-bond acceptors (Lipinski definition) is 0. The first-order valence-corrected chi connectivity index (χ1v) is 3.86. The zero-order chi connectivity index (χ0) is 7.40. The smallest absolute Gasteiger partial charge is 0.253 e. The Morgan fingerprint density at radius 3 is 2.38 bits per heavy atom. The van der Waals surface area contributed by atoms with E-state index in [-0.39, 0.29) is 50.9 Å². The van der Waals surface area contributed by atoms with Gasteiger partial charge in [0.05, 0.1) is 7.05 Å². The Kier molecular flexibility index (Phi) is 15.9. The highest BCUT2D eigenvalue weighted by Gasteiger charge is 2.03. The van der Waals surface area contributed by atoms with Gasteiger partial charge in [-0.1, -0.05) is 13.3 Å². The molecule has 13 heavy (non-hydrogen) atoms. The first-order chi connectivity index (χ1) is 4.84. The summed E-state index contributed by atoms with van der Waals surface area (Å²) in [6.45, 7) is 2.21. The van der Waals surface area contributed by atoms with Crippen LogP contribution in [0.5, 0.6) is 0 Å². The van der Waals surface area contributed by atoms with Crippen LogP contribution in [0.4, 0.5) is 0 Å². The molecule has 2 nitrogen and oxygen atoms in total. The molecule has 0 aliphatic heterocycles. The molecule has 0 saturated heterocycles. The second-order valence-corrected chi connectivity index (χ2v) is 2.62. The molecule has 0 bridgehead atoms. The van der Waals surface area contributed by atoms with E-state index in [4.69, 9.17) is 0 Å². The summed E-state index contributed by atoms with van der Waals surface area (Å²) in [6.07, 6.45) is 7.73. The van der Waals surface area contributed by atoms with Gasteiger partial charge in [-0.05, 0) is 6.42 Å². The van der Waals surface area contributed by atoms with E-state index in [2.05, 4.69) is 23.5 Å².